The number of fused-ring (bicyclic) bond motifs is 2. The summed E-state index contributed by atoms with van der Waals surface area (Å²) in [7, 11) is 0. The summed E-state index contributed by atoms with van der Waals surface area (Å²) in [5.74, 6) is -1.71. The summed E-state index contributed by atoms with van der Waals surface area (Å²) >= 11 is 5.95. The molecule has 4 rings (SSSR count). The maximum atomic E-state index is 13.3. The van der Waals surface area contributed by atoms with Gasteiger partial charge < -0.3 is 26.4 Å². The van der Waals surface area contributed by atoms with Crippen molar-refractivity contribution in [1.82, 2.24) is 0 Å². The van der Waals surface area contributed by atoms with Crippen LogP contribution >= 0.6 is 11.6 Å². The number of phenolic OH excluding ortho intramolecular Hbond substituents is 2. The van der Waals surface area contributed by atoms with Crippen LogP contribution in [0.3, 0.4) is 0 Å². The highest BCUT2D eigenvalue weighted by Crippen LogP contribution is 2.46. The summed E-state index contributed by atoms with van der Waals surface area (Å²) < 4.78 is 5.76. The van der Waals surface area contributed by atoms with Crippen molar-refractivity contribution in [2.75, 3.05) is 18.1 Å². The molecule has 0 spiro atoms. The van der Waals surface area contributed by atoms with Gasteiger partial charge in [0.25, 0.3) is 0 Å². The zero-order valence-corrected chi connectivity index (χ0v) is 19.4. The maximum Gasteiger partial charge on any atom is 0.200 e. The third kappa shape index (κ3) is 3.92. The van der Waals surface area contributed by atoms with E-state index >= 15 is 0 Å². The number of benzene rings is 3. The Hall–Kier alpha value is -3.71. The number of hydrogen-bond donors (Lipinski definition) is 4. The minimum absolute atomic E-state index is 0.0130. The number of ketones is 2. The molecule has 34 heavy (non-hydrogen) atoms. The van der Waals surface area contributed by atoms with E-state index in [1.807, 2.05) is 0 Å². The first-order valence-corrected chi connectivity index (χ1v) is 11.4. The predicted octanol–water partition coefficient (Wildman–Crippen LogP) is 5.32. The number of phenols is 2. The molecule has 1 aliphatic rings. The largest absolute Gasteiger partial charge is 0.506 e. The van der Waals surface area contributed by atoms with Crippen LogP contribution < -0.4 is 16.2 Å². The lowest BCUT2D eigenvalue weighted by molar-refractivity contribution is 0.0975. The van der Waals surface area contributed by atoms with Gasteiger partial charge in [0.2, 0.25) is 11.6 Å². The molecular weight excluding hydrogens is 456 g/mol. The molecule has 7 nitrogen and oxygen atoms in total. The summed E-state index contributed by atoms with van der Waals surface area (Å²) in [5, 5.41) is 21.2. The Morgan fingerprint density at radius 3 is 2.03 bits per heavy atom. The molecule has 0 saturated heterocycles. The minimum Gasteiger partial charge on any atom is -0.506 e. The average Bonchev–Trinajstić information content (AvgIpc) is 2.81. The summed E-state index contributed by atoms with van der Waals surface area (Å²) in [6.45, 7) is 2.77. The topological polar surface area (TPSA) is 136 Å². The van der Waals surface area contributed by atoms with Crippen LogP contribution in [0.25, 0.3) is 11.1 Å². The Morgan fingerprint density at radius 1 is 0.824 bits per heavy atom. The van der Waals surface area contributed by atoms with Gasteiger partial charge in [0.15, 0.2) is 0 Å². The monoisotopic (exact) mass is 480 g/mol. The van der Waals surface area contributed by atoms with Gasteiger partial charge in [0, 0.05) is 16.9 Å². The molecule has 176 valence electrons. The highest BCUT2D eigenvalue weighted by atomic mass is 35.5. The van der Waals surface area contributed by atoms with E-state index in [1.165, 1.54) is 18.6 Å². The number of nitrogen functional groups attached to an aromatic ring is 2. The van der Waals surface area contributed by atoms with Crippen LogP contribution in [0.4, 0.5) is 11.4 Å². The van der Waals surface area contributed by atoms with Crippen LogP contribution in [0.5, 0.6) is 17.2 Å². The predicted molar refractivity (Wildman–Crippen MR) is 132 cm³/mol. The smallest absolute Gasteiger partial charge is 0.200 e. The number of nitrogens with two attached hydrogens (primary N) is 2. The summed E-state index contributed by atoms with van der Waals surface area (Å²) in [5.41, 5.74) is 11.9. The van der Waals surface area contributed by atoms with Gasteiger partial charge >= 0.3 is 0 Å². The van der Waals surface area contributed by atoms with Crippen LogP contribution in [0.2, 0.25) is 5.02 Å². The van der Waals surface area contributed by atoms with Crippen molar-refractivity contribution < 1.29 is 24.5 Å². The lowest BCUT2D eigenvalue weighted by Crippen LogP contribution is -2.24. The second kappa shape index (κ2) is 9.27. The first kappa shape index (κ1) is 23.4. The fraction of sp³-hybridized carbons (Fsp3) is 0.231. The molecule has 0 aliphatic heterocycles. The van der Waals surface area contributed by atoms with Gasteiger partial charge in [-0.25, -0.2) is 0 Å². The third-order valence-corrected chi connectivity index (χ3v) is 6.24. The van der Waals surface area contributed by atoms with E-state index in [1.54, 1.807) is 24.3 Å². The summed E-state index contributed by atoms with van der Waals surface area (Å²) in [6, 6.07) is 9.64. The van der Waals surface area contributed by atoms with Crippen LogP contribution in [0.1, 0.15) is 64.4 Å². The van der Waals surface area contributed by atoms with Crippen molar-refractivity contribution in [1.29, 1.82) is 0 Å². The van der Waals surface area contributed by atoms with E-state index < -0.39 is 23.1 Å². The average molecular weight is 481 g/mol. The van der Waals surface area contributed by atoms with E-state index in [9.17, 15) is 19.8 Å². The summed E-state index contributed by atoms with van der Waals surface area (Å²) in [4.78, 5) is 26.5. The molecule has 0 radical (unpaired) electrons. The first-order valence-electron chi connectivity index (χ1n) is 11.0. The fourth-order valence-electron chi connectivity index (χ4n) is 4.20. The first-order chi connectivity index (χ1) is 16.3. The summed E-state index contributed by atoms with van der Waals surface area (Å²) in [6.07, 6.45) is 4.41. The second-order valence-electron chi connectivity index (χ2n) is 8.25. The SMILES string of the molecule is CCCCCCOc1ccc(-c2cc(N)c3c(c2O)C(=O)c2c(N)cc(Cl)c(O)c2C3=O)cc1. The Labute approximate surface area is 201 Å². The highest BCUT2D eigenvalue weighted by molar-refractivity contribution is 6.38. The molecule has 0 heterocycles. The van der Waals surface area contributed by atoms with Crippen LogP contribution in [0.15, 0.2) is 36.4 Å². The molecule has 0 amide bonds. The molecule has 0 saturated carbocycles. The number of anilines is 2. The number of aromatic hydroxyl groups is 2. The molecule has 1 aliphatic carbocycles. The molecule has 3 aromatic rings. The van der Waals surface area contributed by atoms with Crippen molar-refractivity contribution in [3.05, 3.63) is 63.7 Å². The lowest BCUT2D eigenvalue weighted by atomic mass is 9.80. The molecule has 6 N–H and O–H groups in total. The van der Waals surface area contributed by atoms with Crippen LogP contribution in [-0.4, -0.2) is 28.4 Å². The Kier molecular flexibility index (Phi) is 6.39. The number of halogens is 1. The Morgan fingerprint density at radius 2 is 1.41 bits per heavy atom. The maximum absolute atomic E-state index is 13.3. The molecule has 0 bridgehead atoms. The van der Waals surface area contributed by atoms with E-state index in [4.69, 9.17) is 27.8 Å². The quantitative estimate of drug-likeness (QED) is 0.160. The molecule has 3 aromatic carbocycles. The van der Waals surface area contributed by atoms with Gasteiger partial charge in [0.1, 0.15) is 17.2 Å². The number of hydrogen-bond acceptors (Lipinski definition) is 7. The number of carbonyl (C=O) groups is 2. The third-order valence-electron chi connectivity index (χ3n) is 5.95. The van der Waals surface area contributed by atoms with Gasteiger partial charge in [-0.15, -0.1) is 0 Å². The van der Waals surface area contributed by atoms with Crippen molar-refractivity contribution in [3.63, 3.8) is 0 Å². The van der Waals surface area contributed by atoms with Crippen molar-refractivity contribution in [2.24, 2.45) is 0 Å². The molecule has 0 atom stereocenters. The molecular formula is C26H25ClN2O5. The fourth-order valence-corrected chi connectivity index (χ4v) is 4.42. The number of ether oxygens (including phenoxy) is 1. The van der Waals surface area contributed by atoms with Gasteiger partial charge in [-0.2, -0.15) is 0 Å². The molecule has 0 unspecified atom stereocenters. The van der Waals surface area contributed by atoms with Gasteiger partial charge in [-0.3, -0.25) is 9.59 Å². The van der Waals surface area contributed by atoms with Crippen LogP contribution in [-0.2, 0) is 0 Å². The van der Waals surface area contributed by atoms with E-state index in [-0.39, 0.29) is 44.2 Å². The Bertz CT molecular complexity index is 1300. The number of rotatable bonds is 7. The number of unbranched alkanes of at least 4 members (excludes halogenated alkanes) is 3. The minimum atomic E-state index is -0.734. The van der Waals surface area contributed by atoms with E-state index in [0.717, 1.165) is 19.3 Å². The normalized spacial score (nSPS) is 12.4. The highest BCUT2D eigenvalue weighted by Gasteiger charge is 2.39. The van der Waals surface area contributed by atoms with Gasteiger partial charge in [0.05, 0.1) is 33.9 Å². The van der Waals surface area contributed by atoms with Crippen molar-refractivity contribution >= 4 is 34.5 Å². The lowest BCUT2D eigenvalue weighted by Gasteiger charge is -2.23. The molecule has 0 fully saturated rings. The van der Waals surface area contributed by atoms with Crippen LogP contribution in [0, 0.1) is 0 Å². The van der Waals surface area contributed by atoms with Gasteiger partial charge in [-0.1, -0.05) is 49.9 Å². The molecule has 8 heteroatoms. The van der Waals surface area contributed by atoms with E-state index in [0.29, 0.717) is 17.9 Å². The second-order valence-corrected chi connectivity index (χ2v) is 8.66. The number of carbonyl (C=O) groups excluding carboxylic acids is 2. The Balaban J connectivity index is 1.71. The zero-order valence-electron chi connectivity index (χ0n) is 18.7. The standard InChI is InChI=1S/C26H25ClN2O5/c1-2-3-4-5-10-34-14-8-6-13(7-9-14)15-11-17(28)19-21(23(15)30)25(32)20-18(29)12-16(27)24(31)22(20)26(19)33/h6-9,11-12,30-31H,2-5,10,28-29H2,1H3. The van der Waals surface area contributed by atoms with Gasteiger partial charge in [-0.05, 0) is 36.2 Å². The van der Waals surface area contributed by atoms with Crippen molar-refractivity contribution in [2.45, 2.75) is 32.6 Å². The molecule has 0 aromatic heterocycles. The zero-order chi connectivity index (χ0) is 24.6. The van der Waals surface area contributed by atoms with Crippen molar-refractivity contribution in [3.8, 4) is 28.4 Å². The van der Waals surface area contributed by atoms with E-state index in [2.05, 4.69) is 6.92 Å².